The van der Waals surface area contributed by atoms with Crippen LogP contribution in [0.25, 0.3) is 0 Å². The first-order valence-electron chi connectivity index (χ1n) is 4.55. The maximum absolute atomic E-state index is 6.03. The zero-order chi connectivity index (χ0) is 9.10. The predicted octanol–water partition coefficient (Wildman–Crippen LogP) is 1.90. The van der Waals surface area contributed by atoms with E-state index >= 15 is 0 Å². The van der Waals surface area contributed by atoms with Crippen molar-refractivity contribution in [3.63, 3.8) is 0 Å². The van der Waals surface area contributed by atoms with E-state index in [1.807, 2.05) is 0 Å². The molecule has 0 aromatic carbocycles. The third-order valence-electron chi connectivity index (χ3n) is 2.35. The summed E-state index contributed by atoms with van der Waals surface area (Å²) < 4.78 is 5.04. The lowest BCUT2D eigenvalue weighted by atomic mass is 9.96. The van der Waals surface area contributed by atoms with Crippen molar-refractivity contribution in [2.45, 2.75) is 41.3 Å². The summed E-state index contributed by atoms with van der Waals surface area (Å²) in [4.78, 5) is 4.16. The van der Waals surface area contributed by atoms with Crippen LogP contribution in [0.3, 0.4) is 0 Å². The van der Waals surface area contributed by atoms with Gasteiger partial charge in [-0.1, -0.05) is 24.6 Å². The summed E-state index contributed by atoms with van der Waals surface area (Å²) in [6.45, 7) is 0. The van der Waals surface area contributed by atoms with Crippen LogP contribution in [0.5, 0.6) is 0 Å². The highest BCUT2D eigenvalue weighted by Crippen LogP contribution is 2.33. The van der Waals surface area contributed by atoms with Gasteiger partial charge < -0.3 is 5.73 Å². The molecule has 72 valence electrons. The average Bonchev–Trinajstić information content (AvgIpc) is 2.61. The predicted molar refractivity (Wildman–Crippen MR) is 56.0 cm³/mol. The molecule has 13 heavy (non-hydrogen) atoms. The van der Waals surface area contributed by atoms with E-state index in [-0.39, 0.29) is 0 Å². The van der Waals surface area contributed by atoms with E-state index < -0.39 is 0 Å². The van der Waals surface area contributed by atoms with Gasteiger partial charge in [-0.05, 0) is 24.4 Å². The van der Waals surface area contributed by atoms with Crippen molar-refractivity contribution in [2.24, 2.45) is 5.73 Å². The Morgan fingerprint density at radius 3 is 3.00 bits per heavy atom. The molecule has 1 aliphatic carbocycles. The van der Waals surface area contributed by atoms with Crippen LogP contribution in [0.2, 0.25) is 0 Å². The van der Waals surface area contributed by atoms with Gasteiger partial charge in [0.05, 0.1) is 0 Å². The number of rotatable bonds is 2. The molecule has 1 saturated carbocycles. The second-order valence-corrected chi connectivity index (χ2v) is 5.58. The average molecular weight is 215 g/mol. The number of hydrogen-bond donors (Lipinski definition) is 1. The molecule has 5 heteroatoms. The van der Waals surface area contributed by atoms with E-state index in [0.717, 1.165) is 10.8 Å². The second-order valence-electron chi connectivity index (χ2n) is 3.31. The summed E-state index contributed by atoms with van der Waals surface area (Å²) in [5.74, 6) is 0. The van der Waals surface area contributed by atoms with Gasteiger partial charge in [0.15, 0.2) is 4.34 Å². The summed E-state index contributed by atoms with van der Waals surface area (Å²) >= 11 is 3.26. The van der Waals surface area contributed by atoms with Gasteiger partial charge in [-0.15, -0.1) is 0 Å². The fourth-order valence-corrected chi connectivity index (χ4v) is 3.53. The Bertz CT molecular complexity index is 250. The largest absolute Gasteiger partial charge is 0.327 e. The molecule has 0 amide bonds. The van der Waals surface area contributed by atoms with Gasteiger partial charge in [0.25, 0.3) is 0 Å². The smallest absolute Gasteiger partial charge is 0.170 e. The number of nitrogens with zero attached hydrogens (tertiary/aromatic N) is 2. The molecule has 1 aliphatic rings. The van der Waals surface area contributed by atoms with Gasteiger partial charge in [0.1, 0.15) is 6.33 Å². The molecule has 1 fully saturated rings. The Labute approximate surface area is 86.3 Å². The van der Waals surface area contributed by atoms with Crippen LogP contribution in [-0.2, 0) is 0 Å². The topological polar surface area (TPSA) is 51.8 Å². The summed E-state index contributed by atoms with van der Waals surface area (Å²) in [6, 6.07) is 0.350. The molecule has 3 nitrogen and oxygen atoms in total. The zero-order valence-electron chi connectivity index (χ0n) is 7.35. The van der Waals surface area contributed by atoms with Gasteiger partial charge in [0.2, 0.25) is 0 Å². The van der Waals surface area contributed by atoms with Crippen LogP contribution < -0.4 is 5.73 Å². The molecule has 2 atom stereocenters. The number of nitrogens with two attached hydrogens (primary N) is 1. The van der Waals surface area contributed by atoms with E-state index in [1.165, 1.54) is 30.8 Å². The molecule has 1 aromatic rings. The van der Waals surface area contributed by atoms with Gasteiger partial charge in [-0.2, -0.15) is 4.37 Å². The second kappa shape index (κ2) is 4.39. The van der Waals surface area contributed by atoms with E-state index in [1.54, 1.807) is 18.1 Å². The zero-order valence-corrected chi connectivity index (χ0v) is 8.98. The maximum Gasteiger partial charge on any atom is 0.170 e. The first-order valence-corrected chi connectivity index (χ1v) is 6.20. The first kappa shape index (κ1) is 9.43. The third kappa shape index (κ3) is 2.42. The molecule has 1 aromatic heterocycles. The van der Waals surface area contributed by atoms with Crippen molar-refractivity contribution in [3.8, 4) is 0 Å². The van der Waals surface area contributed by atoms with Crippen molar-refractivity contribution in [3.05, 3.63) is 6.33 Å². The summed E-state index contributed by atoms with van der Waals surface area (Å²) in [6.07, 6.45) is 6.60. The number of hydrogen-bond acceptors (Lipinski definition) is 5. The van der Waals surface area contributed by atoms with Crippen LogP contribution in [0.15, 0.2) is 10.7 Å². The minimum atomic E-state index is 0.350. The van der Waals surface area contributed by atoms with E-state index in [0.29, 0.717) is 11.3 Å². The molecule has 1 heterocycles. The van der Waals surface area contributed by atoms with Crippen LogP contribution in [0, 0.1) is 0 Å². The van der Waals surface area contributed by atoms with Gasteiger partial charge in [-0.25, -0.2) is 4.98 Å². The van der Waals surface area contributed by atoms with Gasteiger partial charge >= 0.3 is 0 Å². The minimum absolute atomic E-state index is 0.350. The molecule has 0 spiro atoms. The molecule has 2 N–H and O–H groups in total. The van der Waals surface area contributed by atoms with Crippen molar-refractivity contribution in [1.82, 2.24) is 9.36 Å². The molecule has 2 unspecified atom stereocenters. The van der Waals surface area contributed by atoms with E-state index in [4.69, 9.17) is 5.73 Å². The van der Waals surface area contributed by atoms with Gasteiger partial charge in [0, 0.05) is 11.3 Å². The lowest BCUT2D eigenvalue weighted by Crippen LogP contribution is -2.35. The quantitative estimate of drug-likeness (QED) is 0.818. The van der Waals surface area contributed by atoms with Crippen LogP contribution in [0.1, 0.15) is 25.7 Å². The standard InChI is InChI=1S/C8H13N3S2/c9-6-3-1-2-4-7(6)12-8-10-5-11-13-8/h5-7H,1-4,9H2. The summed E-state index contributed by atoms with van der Waals surface area (Å²) in [7, 11) is 0. The van der Waals surface area contributed by atoms with Crippen LogP contribution in [-0.4, -0.2) is 20.6 Å². The van der Waals surface area contributed by atoms with Crippen LogP contribution >= 0.6 is 23.3 Å². The summed E-state index contributed by atoms with van der Waals surface area (Å²) in [5, 5.41) is 0.557. The highest BCUT2D eigenvalue weighted by molar-refractivity contribution is 8.01. The third-order valence-corrected chi connectivity index (χ3v) is 4.52. The Morgan fingerprint density at radius 1 is 1.46 bits per heavy atom. The van der Waals surface area contributed by atoms with Crippen molar-refractivity contribution in [2.75, 3.05) is 0 Å². The summed E-state index contributed by atoms with van der Waals surface area (Å²) in [5.41, 5.74) is 6.03. The SMILES string of the molecule is NC1CCCCC1Sc1ncns1. The number of thioether (sulfide) groups is 1. The minimum Gasteiger partial charge on any atom is -0.327 e. The molecule has 0 radical (unpaired) electrons. The maximum atomic E-state index is 6.03. The lowest BCUT2D eigenvalue weighted by Gasteiger charge is -2.26. The lowest BCUT2D eigenvalue weighted by molar-refractivity contribution is 0.453. The molecule has 0 bridgehead atoms. The first-order chi connectivity index (χ1) is 6.36. The Hall–Kier alpha value is -0.130. The van der Waals surface area contributed by atoms with E-state index in [9.17, 15) is 0 Å². The highest BCUT2D eigenvalue weighted by atomic mass is 32.2. The molecular formula is C8H13N3S2. The Morgan fingerprint density at radius 2 is 2.31 bits per heavy atom. The van der Waals surface area contributed by atoms with Crippen molar-refractivity contribution >= 4 is 23.3 Å². The molecule has 0 saturated heterocycles. The normalized spacial score (nSPS) is 29.0. The number of aromatic nitrogens is 2. The van der Waals surface area contributed by atoms with Crippen LogP contribution in [0.4, 0.5) is 0 Å². The Kier molecular flexibility index (Phi) is 3.18. The van der Waals surface area contributed by atoms with Crippen molar-refractivity contribution in [1.29, 1.82) is 0 Å². The molecule has 0 aliphatic heterocycles. The Balaban J connectivity index is 1.93. The highest BCUT2D eigenvalue weighted by Gasteiger charge is 2.23. The fraction of sp³-hybridized carbons (Fsp3) is 0.750. The van der Waals surface area contributed by atoms with Gasteiger partial charge in [-0.3, -0.25) is 0 Å². The van der Waals surface area contributed by atoms with Crippen molar-refractivity contribution < 1.29 is 0 Å². The fourth-order valence-electron chi connectivity index (χ4n) is 1.62. The molecular weight excluding hydrogens is 202 g/mol. The van der Waals surface area contributed by atoms with E-state index in [2.05, 4.69) is 9.36 Å². The molecule has 2 rings (SSSR count). The monoisotopic (exact) mass is 215 g/mol.